The van der Waals surface area contributed by atoms with Gasteiger partial charge in [0.25, 0.3) is 5.91 Å². The van der Waals surface area contributed by atoms with Crippen LogP contribution in [0.15, 0.2) is 5.38 Å². The van der Waals surface area contributed by atoms with Gasteiger partial charge in [0.1, 0.15) is 0 Å². The average molecular weight is 254 g/mol. The van der Waals surface area contributed by atoms with Crippen molar-refractivity contribution in [3.8, 4) is 0 Å². The largest absolute Gasteiger partial charge is 0.476 e. The summed E-state index contributed by atoms with van der Waals surface area (Å²) in [6.45, 7) is 2.11. The van der Waals surface area contributed by atoms with Crippen molar-refractivity contribution in [3.05, 3.63) is 16.1 Å². The summed E-state index contributed by atoms with van der Waals surface area (Å²) in [7, 11) is 0. The normalized spacial score (nSPS) is 23.6. The van der Waals surface area contributed by atoms with E-state index in [1.807, 2.05) is 0 Å². The number of aromatic nitrogens is 1. The van der Waals surface area contributed by atoms with Crippen LogP contribution in [0.25, 0.3) is 0 Å². The molecule has 5 nitrogen and oxygen atoms in total. The zero-order chi connectivity index (χ0) is 12.4. The number of nitrogens with zero attached hydrogens (tertiary/aromatic N) is 1. The van der Waals surface area contributed by atoms with Gasteiger partial charge < -0.3 is 10.4 Å². The molecular formula is C11H14N2O3S. The lowest BCUT2D eigenvalue weighted by Gasteiger charge is -2.15. The molecule has 0 spiro atoms. The highest BCUT2D eigenvalue weighted by molar-refractivity contribution is 7.11. The topological polar surface area (TPSA) is 79.3 Å². The smallest absolute Gasteiger partial charge is 0.355 e. The maximum Gasteiger partial charge on any atom is 0.355 e. The van der Waals surface area contributed by atoms with E-state index in [0.717, 1.165) is 30.6 Å². The lowest BCUT2D eigenvalue weighted by atomic mass is 10.1. The molecule has 17 heavy (non-hydrogen) atoms. The molecule has 1 heterocycles. The van der Waals surface area contributed by atoms with Crippen LogP contribution in [0.2, 0.25) is 0 Å². The summed E-state index contributed by atoms with van der Waals surface area (Å²) >= 11 is 1.07. The fourth-order valence-electron chi connectivity index (χ4n) is 2.07. The van der Waals surface area contributed by atoms with E-state index in [2.05, 4.69) is 17.2 Å². The second-order valence-corrected chi connectivity index (χ2v) is 5.19. The van der Waals surface area contributed by atoms with Gasteiger partial charge in [-0.2, -0.15) is 0 Å². The van der Waals surface area contributed by atoms with Crippen LogP contribution in [0.3, 0.4) is 0 Å². The Bertz CT molecular complexity index is 444. The summed E-state index contributed by atoms with van der Waals surface area (Å²) < 4.78 is 0. The summed E-state index contributed by atoms with van der Waals surface area (Å²) in [6, 6.07) is 0.194. The van der Waals surface area contributed by atoms with Gasteiger partial charge in [-0.1, -0.05) is 13.3 Å². The maximum absolute atomic E-state index is 11.8. The van der Waals surface area contributed by atoms with Gasteiger partial charge in [0, 0.05) is 11.4 Å². The van der Waals surface area contributed by atoms with E-state index in [1.54, 1.807) is 0 Å². The van der Waals surface area contributed by atoms with E-state index >= 15 is 0 Å². The third-order valence-corrected chi connectivity index (χ3v) is 3.94. The van der Waals surface area contributed by atoms with Gasteiger partial charge in [-0.3, -0.25) is 4.79 Å². The van der Waals surface area contributed by atoms with Crippen molar-refractivity contribution in [1.29, 1.82) is 0 Å². The first-order valence-corrected chi connectivity index (χ1v) is 6.45. The molecule has 1 aliphatic carbocycles. The average Bonchev–Trinajstić information content (AvgIpc) is 2.88. The first-order valence-electron chi connectivity index (χ1n) is 5.57. The zero-order valence-electron chi connectivity index (χ0n) is 9.47. The Balaban J connectivity index is 2.01. The monoisotopic (exact) mass is 254 g/mol. The van der Waals surface area contributed by atoms with Crippen LogP contribution in [-0.2, 0) is 0 Å². The number of amides is 1. The Kier molecular flexibility index (Phi) is 3.42. The Morgan fingerprint density at radius 2 is 2.29 bits per heavy atom. The molecule has 6 heteroatoms. The van der Waals surface area contributed by atoms with Gasteiger partial charge in [0.05, 0.1) is 0 Å². The second-order valence-electron chi connectivity index (χ2n) is 4.33. The van der Waals surface area contributed by atoms with Gasteiger partial charge in [-0.25, -0.2) is 9.78 Å². The van der Waals surface area contributed by atoms with Crippen molar-refractivity contribution < 1.29 is 14.7 Å². The molecule has 1 aromatic heterocycles. The fourth-order valence-corrected chi connectivity index (χ4v) is 2.76. The van der Waals surface area contributed by atoms with Gasteiger partial charge in [0.15, 0.2) is 10.7 Å². The molecule has 1 aliphatic rings. The minimum Gasteiger partial charge on any atom is -0.476 e. The number of aromatic carboxylic acids is 1. The van der Waals surface area contributed by atoms with Crippen molar-refractivity contribution in [1.82, 2.24) is 10.3 Å². The summed E-state index contributed by atoms with van der Waals surface area (Å²) in [6.07, 6.45) is 3.25. The van der Waals surface area contributed by atoms with E-state index in [4.69, 9.17) is 5.11 Å². The minimum atomic E-state index is -1.10. The van der Waals surface area contributed by atoms with Gasteiger partial charge in [-0.15, -0.1) is 11.3 Å². The first-order chi connectivity index (χ1) is 8.08. The molecule has 1 saturated carbocycles. The third kappa shape index (κ3) is 2.63. The number of thiazole rings is 1. The van der Waals surface area contributed by atoms with Crippen LogP contribution >= 0.6 is 11.3 Å². The SMILES string of the molecule is CC1CCCC1NC(=O)c1nc(C(=O)O)cs1. The van der Waals surface area contributed by atoms with E-state index < -0.39 is 5.97 Å². The number of carbonyl (C=O) groups is 2. The van der Waals surface area contributed by atoms with Crippen molar-refractivity contribution in [3.63, 3.8) is 0 Å². The van der Waals surface area contributed by atoms with Gasteiger partial charge in [0.2, 0.25) is 0 Å². The highest BCUT2D eigenvalue weighted by Crippen LogP contribution is 2.25. The summed E-state index contributed by atoms with van der Waals surface area (Å²) in [5.41, 5.74) is -0.0698. The number of hydrogen-bond acceptors (Lipinski definition) is 4. The molecule has 0 radical (unpaired) electrons. The molecule has 2 atom stereocenters. The molecule has 0 aromatic carbocycles. The van der Waals surface area contributed by atoms with Gasteiger partial charge in [-0.05, 0) is 18.8 Å². The highest BCUT2D eigenvalue weighted by Gasteiger charge is 2.26. The number of carbonyl (C=O) groups excluding carboxylic acids is 1. The Morgan fingerprint density at radius 3 is 2.82 bits per heavy atom. The van der Waals surface area contributed by atoms with E-state index in [9.17, 15) is 9.59 Å². The Morgan fingerprint density at radius 1 is 1.53 bits per heavy atom. The van der Waals surface area contributed by atoms with E-state index in [1.165, 1.54) is 5.38 Å². The quantitative estimate of drug-likeness (QED) is 0.861. The zero-order valence-corrected chi connectivity index (χ0v) is 10.3. The Labute approximate surface area is 103 Å². The van der Waals surface area contributed by atoms with Crippen LogP contribution in [0, 0.1) is 5.92 Å². The number of carboxylic acids is 1. The fraction of sp³-hybridized carbons (Fsp3) is 0.545. The van der Waals surface area contributed by atoms with E-state index in [-0.39, 0.29) is 22.7 Å². The summed E-state index contributed by atoms with van der Waals surface area (Å²) in [5.74, 6) is -0.881. The molecule has 0 saturated heterocycles. The lowest BCUT2D eigenvalue weighted by Crippen LogP contribution is -2.36. The summed E-state index contributed by atoms with van der Waals surface area (Å²) in [5, 5.41) is 13.2. The molecule has 92 valence electrons. The predicted molar refractivity (Wildman–Crippen MR) is 63.3 cm³/mol. The van der Waals surface area contributed by atoms with Crippen molar-refractivity contribution in [2.75, 3.05) is 0 Å². The maximum atomic E-state index is 11.8. The van der Waals surface area contributed by atoms with Crippen LogP contribution < -0.4 is 5.32 Å². The highest BCUT2D eigenvalue weighted by atomic mass is 32.1. The molecule has 2 N–H and O–H groups in total. The molecule has 0 aliphatic heterocycles. The van der Waals surface area contributed by atoms with Crippen LogP contribution in [0.4, 0.5) is 0 Å². The molecule has 2 rings (SSSR count). The van der Waals surface area contributed by atoms with Crippen LogP contribution in [0.1, 0.15) is 46.5 Å². The molecule has 0 bridgehead atoms. The number of rotatable bonds is 3. The minimum absolute atomic E-state index is 0.0698. The van der Waals surface area contributed by atoms with Crippen molar-refractivity contribution in [2.24, 2.45) is 5.92 Å². The van der Waals surface area contributed by atoms with Crippen LogP contribution in [0.5, 0.6) is 0 Å². The number of hydrogen-bond donors (Lipinski definition) is 2. The van der Waals surface area contributed by atoms with Crippen molar-refractivity contribution in [2.45, 2.75) is 32.2 Å². The summed E-state index contributed by atoms with van der Waals surface area (Å²) in [4.78, 5) is 26.3. The Hall–Kier alpha value is -1.43. The molecule has 1 aromatic rings. The standard InChI is InChI=1S/C11H14N2O3S/c1-6-3-2-4-7(6)12-9(14)10-13-8(5-17-10)11(15)16/h5-7H,2-4H2,1H3,(H,12,14)(H,15,16). The number of carboxylic acid groups (broad SMARTS) is 1. The predicted octanol–water partition coefficient (Wildman–Crippen LogP) is 1.76. The van der Waals surface area contributed by atoms with Crippen LogP contribution in [-0.4, -0.2) is 28.0 Å². The third-order valence-electron chi connectivity index (χ3n) is 3.10. The lowest BCUT2D eigenvalue weighted by molar-refractivity contribution is 0.0691. The van der Waals surface area contributed by atoms with E-state index in [0.29, 0.717) is 5.92 Å². The van der Waals surface area contributed by atoms with Gasteiger partial charge >= 0.3 is 5.97 Å². The molecule has 1 fully saturated rings. The first kappa shape index (κ1) is 12.0. The molecule has 2 unspecified atom stereocenters. The second kappa shape index (κ2) is 4.83. The molecule has 1 amide bonds. The molecular weight excluding hydrogens is 240 g/mol. The van der Waals surface area contributed by atoms with Crippen molar-refractivity contribution >= 4 is 23.2 Å². The number of nitrogens with one attached hydrogen (secondary N) is 1.